The number of halogens is 3. The summed E-state index contributed by atoms with van der Waals surface area (Å²) in [4.78, 5) is 0. The summed E-state index contributed by atoms with van der Waals surface area (Å²) in [7, 11) is 2.83. The van der Waals surface area contributed by atoms with E-state index < -0.39 is 11.7 Å². The standard InChI is InChI=1S/C17H13F3O3/c1-21-11-5-6-13(14(8-11)17(18,19)20)16-7-10-3-4-12(22-2)9-15(10)23-16/h3-9H,1-2H3. The average molecular weight is 322 g/mol. The molecular weight excluding hydrogens is 309 g/mol. The monoisotopic (exact) mass is 322 g/mol. The van der Waals surface area contributed by atoms with Crippen LogP contribution >= 0.6 is 0 Å². The van der Waals surface area contributed by atoms with E-state index in [2.05, 4.69) is 0 Å². The summed E-state index contributed by atoms with van der Waals surface area (Å²) in [6.45, 7) is 0. The molecule has 0 aliphatic heterocycles. The number of benzene rings is 2. The van der Waals surface area contributed by atoms with Gasteiger partial charge < -0.3 is 13.9 Å². The van der Waals surface area contributed by atoms with Gasteiger partial charge in [0.2, 0.25) is 0 Å². The number of alkyl halides is 3. The molecule has 1 heterocycles. The molecule has 0 radical (unpaired) electrons. The van der Waals surface area contributed by atoms with Crippen LogP contribution in [0, 0.1) is 0 Å². The number of hydrogen-bond donors (Lipinski definition) is 0. The molecule has 0 N–H and O–H groups in total. The van der Waals surface area contributed by atoms with E-state index >= 15 is 0 Å². The van der Waals surface area contributed by atoms with Crippen molar-refractivity contribution in [2.24, 2.45) is 0 Å². The summed E-state index contributed by atoms with van der Waals surface area (Å²) in [5, 5.41) is 0.699. The van der Waals surface area contributed by atoms with Crippen LogP contribution in [-0.4, -0.2) is 14.2 Å². The molecule has 23 heavy (non-hydrogen) atoms. The maximum Gasteiger partial charge on any atom is 0.417 e. The first kappa shape index (κ1) is 15.3. The van der Waals surface area contributed by atoms with Crippen LogP contribution in [0.15, 0.2) is 46.9 Å². The lowest BCUT2D eigenvalue weighted by Crippen LogP contribution is -2.07. The highest BCUT2D eigenvalue weighted by molar-refractivity contribution is 5.84. The minimum absolute atomic E-state index is 0.0338. The molecule has 0 unspecified atom stereocenters. The van der Waals surface area contributed by atoms with E-state index in [9.17, 15) is 13.2 Å². The van der Waals surface area contributed by atoms with E-state index in [1.54, 1.807) is 24.3 Å². The lowest BCUT2D eigenvalue weighted by Gasteiger charge is -2.12. The molecule has 0 bridgehead atoms. The van der Waals surface area contributed by atoms with Crippen molar-refractivity contribution in [3.8, 4) is 22.8 Å². The summed E-state index contributed by atoms with van der Waals surface area (Å²) >= 11 is 0. The molecule has 0 saturated heterocycles. The highest BCUT2D eigenvalue weighted by Gasteiger charge is 2.35. The zero-order valence-corrected chi connectivity index (χ0v) is 12.4. The van der Waals surface area contributed by atoms with Gasteiger partial charge in [0.15, 0.2) is 0 Å². The van der Waals surface area contributed by atoms with Gasteiger partial charge in [0.25, 0.3) is 0 Å². The van der Waals surface area contributed by atoms with Crippen molar-refractivity contribution in [1.29, 1.82) is 0 Å². The lowest BCUT2D eigenvalue weighted by molar-refractivity contribution is -0.137. The Morgan fingerprint density at radius 3 is 2.17 bits per heavy atom. The van der Waals surface area contributed by atoms with Crippen molar-refractivity contribution < 1.29 is 27.1 Å². The topological polar surface area (TPSA) is 31.6 Å². The largest absolute Gasteiger partial charge is 0.497 e. The molecule has 2 aromatic carbocycles. The Hall–Kier alpha value is -2.63. The Morgan fingerprint density at radius 1 is 0.870 bits per heavy atom. The predicted octanol–water partition coefficient (Wildman–Crippen LogP) is 5.14. The fourth-order valence-corrected chi connectivity index (χ4v) is 2.37. The van der Waals surface area contributed by atoms with Crippen molar-refractivity contribution in [3.63, 3.8) is 0 Å². The molecule has 3 rings (SSSR count). The molecule has 0 fully saturated rings. The highest BCUT2D eigenvalue weighted by atomic mass is 19.4. The van der Waals surface area contributed by atoms with Crippen LogP contribution in [0.3, 0.4) is 0 Å². The molecule has 0 aliphatic rings. The second-order valence-corrected chi connectivity index (χ2v) is 4.92. The third-order valence-corrected chi connectivity index (χ3v) is 3.52. The number of methoxy groups -OCH3 is 2. The van der Waals surface area contributed by atoms with Gasteiger partial charge >= 0.3 is 6.18 Å². The Bertz CT molecular complexity index is 850. The summed E-state index contributed by atoms with van der Waals surface area (Å²) in [6, 6.07) is 10.4. The molecular formula is C17H13F3O3. The van der Waals surface area contributed by atoms with Gasteiger partial charge in [-0.25, -0.2) is 0 Å². The molecule has 1 aromatic heterocycles. The molecule has 6 heteroatoms. The summed E-state index contributed by atoms with van der Waals surface area (Å²) in [6.07, 6.45) is -4.51. The van der Waals surface area contributed by atoms with Crippen LogP contribution < -0.4 is 9.47 Å². The van der Waals surface area contributed by atoms with Crippen LogP contribution in [-0.2, 0) is 6.18 Å². The van der Waals surface area contributed by atoms with Gasteiger partial charge in [-0.05, 0) is 36.4 Å². The molecule has 0 spiro atoms. The van der Waals surface area contributed by atoms with Crippen molar-refractivity contribution in [2.45, 2.75) is 6.18 Å². The van der Waals surface area contributed by atoms with Gasteiger partial charge in [0.1, 0.15) is 22.8 Å². The van der Waals surface area contributed by atoms with E-state index in [0.29, 0.717) is 16.7 Å². The Labute approximate surface area is 130 Å². The zero-order chi connectivity index (χ0) is 16.6. The fraction of sp³-hybridized carbons (Fsp3) is 0.176. The quantitative estimate of drug-likeness (QED) is 0.669. The van der Waals surface area contributed by atoms with E-state index in [-0.39, 0.29) is 17.1 Å². The van der Waals surface area contributed by atoms with Gasteiger partial charge in [-0.2, -0.15) is 13.2 Å². The number of hydrogen-bond acceptors (Lipinski definition) is 3. The smallest absolute Gasteiger partial charge is 0.417 e. The van der Waals surface area contributed by atoms with Gasteiger partial charge in [-0.1, -0.05) is 0 Å². The molecule has 0 amide bonds. The molecule has 120 valence electrons. The fourth-order valence-electron chi connectivity index (χ4n) is 2.37. The van der Waals surface area contributed by atoms with E-state index in [1.807, 2.05) is 0 Å². The van der Waals surface area contributed by atoms with E-state index in [1.165, 1.54) is 26.4 Å². The Morgan fingerprint density at radius 2 is 1.52 bits per heavy atom. The van der Waals surface area contributed by atoms with Crippen molar-refractivity contribution in [1.82, 2.24) is 0 Å². The SMILES string of the molecule is COc1ccc(-c2cc3ccc(OC)cc3o2)c(C(F)(F)F)c1. The van der Waals surface area contributed by atoms with E-state index in [4.69, 9.17) is 13.9 Å². The summed E-state index contributed by atoms with van der Waals surface area (Å²) in [5.74, 6) is 0.853. The van der Waals surface area contributed by atoms with E-state index in [0.717, 1.165) is 6.07 Å². The number of ether oxygens (including phenoxy) is 2. The molecule has 0 aliphatic carbocycles. The van der Waals surface area contributed by atoms with Crippen molar-refractivity contribution in [2.75, 3.05) is 14.2 Å². The first-order chi connectivity index (χ1) is 10.9. The van der Waals surface area contributed by atoms with Gasteiger partial charge in [0.05, 0.1) is 19.8 Å². The highest BCUT2D eigenvalue weighted by Crippen LogP contribution is 2.41. The number of furan rings is 1. The first-order valence-electron chi connectivity index (χ1n) is 6.75. The van der Waals surface area contributed by atoms with Crippen LogP contribution in [0.1, 0.15) is 5.56 Å². The second kappa shape index (κ2) is 5.53. The van der Waals surface area contributed by atoms with Gasteiger partial charge in [-0.15, -0.1) is 0 Å². The van der Waals surface area contributed by atoms with Crippen molar-refractivity contribution >= 4 is 11.0 Å². The maximum absolute atomic E-state index is 13.3. The molecule has 3 nitrogen and oxygen atoms in total. The normalized spacial score (nSPS) is 11.7. The summed E-state index contributed by atoms with van der Waals surface area (Å²) < 4.78 is 55.5. The van der Waals surface area contributed by atoms with Crippen LogP contribution in [0.25, 0.3) is 22.3 Å². The maximum atomic E-state index is 13.3. The second-order valence-electron chi connectivity index (χ2n) is 4.92. The van der Waals surface area contributed by atoms with Crippen LogP contribution in [0.4, 0.5) is 13.2 Å². The van der Waals surface area contributed by atoms with Crippen molar-refractivity contribution in [3.05, 3.63) is 48.0 Å². The lowest BCUT2D eigenvalue weighted by atomic mass is 10.0. The minimum Gasteiger partial charge on any atom is -0.497 e. The van der Waals surface area contributed by atoms with Gasteiger partial charge in [0, 0.05) is 17.0 Å². The zero-order valence-electron chi connectivity index (χ0n) is 12.4. The Kier molecular flexibility index (Phi) is 3.67. The van der Waals surface area contributed by atoms with Gasteiger partial charge in [-0.3, -0.25) is 0 Å². The molecule has 0 saturated carbocycles. The molecule has 3 aromatic rings. The van der Waals surface area contributed by atoms with Crippen LogP contribution in [0.2, 0.25) is 0 Å². The van der Waals surface area contributed by atoms with Crippen LogP contribution in [0.5, 0.6) is 11.5 Å². The Balaban J connectivity index is 2.17. The number of rotatable bonds is 3. The average Bonchev–Trinajstić information content (AvgIpc) is 2.96. The third-order valence-electron chi connectivity index (χ3n) is 3.52. The first-order valence-corrected chi connectivity index (χ1v) is 6.75. The summed E-state index contributed by atoms with van der Waals surface area (Å²) in [5.41, 5.74) is -0.375. The molecule has 0 atom stereocenters. The predicted molar refractivity (Wildman–Crippen MR) is 79.8 cm³/mol. The minimum atomic E-state index is -4.51. The number of fused-ring (bicyclic) bond motifs is 1. The third kappa shape index (κ3) is 2.84.